The molecule has 6 rings (SSSR count). The van der Waals surface area contributed by atoms with Gasteiger partial charge in [-0.2, -0.15) is 4.36 Å². The Morgan fingerprint density at radius 2 is 1.95 bits per heavy atom. The van der Waals surface area contributed by atoms with E-state index in [1.165, 1.54) is 18.5 Å². The molecule has 196 valence electrons. The lowest BCUT2D eigenvalue weighted by atomic mass is 10.1. The molecule has 0 spiro atoms. The summed E-state index contributed by atoms with van der Waals surface area (Å²) in [6.45, 7) is 3.18. The maximum atomic E-state index is 14.2. The Bertz CT molecular complexity index is 1450. The van der Waals surface area contributed by atoms with Crippen LogP contribution in [0.4, 0.5) is 21.6 Å². The lowest BCUT2D eigenvalue weighted by molar-refractivity contribution is 0.00871. The van der Waals surface area contributed by atoms with Gasteiger partial charge in [0.1, 0.15) is 42.0 Å². The number of aromatic nitrogens is 2. The summed E-state index contributed by atoms with van der Waals surface area (Å²) in [4.78, 5) is 8.83. The Labute approximate surface area is 213 Å². The van der Waals surface area contributed by atoms with Gasteiger partial charge in [-0.1, -0.05) is 0 Å². The molecule has 1 aromatic heterocycles. The van der Waals surface area contributed by atoms with E-state index in [-0.39, 0.29) is 19.0 Å². The first kappa shape index (κ1) is 24.4. The zero-order valence-corrected chi connectivity index (χ0v) is 20.9. The van der Waals surface area contributed by atoms with Crippen molar-refractivity contribution in [3.8, 4) is 5.75 Å². The Balaban J connectivity index is 1.31. The number of hydrogen-bond donors (Lipinski definition) is 2. The average molecular weight is 531 g/mol. The van der Waals surface area contributed by atoms with Crippen molar-refractivity contribution in [3.05, 3.63) is 48.0 Å². The molecule has 0 amide bonds. The van der Waals surface area contributed by atoms with Gasteiger partial charge >= 0.3 is 0 Å². The Kier molecular flexibility index (Phi) is 6.45. The molecule has 0 aliphatic carbocycles. The van der Waals surface area contributed by atoms with Crippen LogP contribution in [0.5, 0.6) is 5.75 Å². The Morgan fingerprint density at radius 1 is 1.14 bits per heavy atom. The maximum Gasteiger partial charge on any atom is 0.151 e. The van der Waals surface area contributed by atoms with E-state index < -0.39 is 40.0 Å². The standard InChI is InChI=1S/C25H27FN4O6S/c1-14-8-16(30-37(32)6-4-33-5-7-37)10-18-22(14)25(28-13-27-18)29-17-3-2-15(26)9-20(17)36-21-12-35-23-19(31)11-34-24(21)23/h2-3,8-10,13,19,21,23-24,31H,4-7,11-12H2,1H3,(H,27,28,29)/t19-,21-,23-,24-/m1/s1. The van der Waals surface area contributed by atoms with Crippen LogP contribution in [-0.2, 0) is 23.9 Å². The molecule has 37 heavy (non-hydrogen) atoms. The summed E-state index contributed by atoms with van der Waals surface area (Å²) in [6.07, 6.45) is -0.670. The molecule has 10 nitrogen and oxygen atoms in total. The molecule has 4 atom stereocenters. The topological polar surface area (TPSA) is 124 Å². The van der Waals surface area contributed by atoms with Crippen molar-refractivity contribution in [1.29, 1.82) is 0 Å². The van der Waals surface area contributed by atoms with E-state index in [4.69, 9.17) is 18.9 Å². The van der Waals surface area contributed by atoms with Crippen LogP contribution >= 0.6 is 0 Å². The van der Waals surface area contributed by atoms with Crippen LogP contribution in [0.3, 0.4) is 0 Å². The zero-order chi connectivity index (χ0) is 25.6. The second-order valence-electron chi connectivity index (χ2n) is 9.35. The minimum Gasteiger partial charge on any atom is -0.483 e. The third-order valence-corrected chi connectivity index (χ3v) is 8.89. The Hall–Kier alpha value is -2.90. The van der Waals surface area contributed by atoms with Crippen molar-refractivity contribution in [2.45, 2.75) is 31.3 Å². The lowest BCUT2D eigenvalue weighted by Gasteiger charge is -2.21. The van der Waals surface area contributed by atoms with Crippen molar-refractivity contribution < 1.29 is 32.7 Å². The summed E-state index contributed by atoms with van der Waals surface area (Å²) >= 11 is 0. The van der Waals surface area contributed by atoms with Crippen LogP contribution in [0.1, 0.15) is 5.56 Å². The third-order valence-electron chi connectivity index (χ3n) is 6.74. The van der Waals surface area contributed by atoms with Gasteiger partial charge in [-0.3, -0.25) is 0 Å². The minimum atomic E-state index is -2.37. The number of halogens is 1. The number of aliphatic hydroxyl groups excluding tert-OH is 1. The largest absolute Gasteiger partial charge is 0.483 e. The molecule has 0 radical (unpaired) electrons. The molecule has 3 fully saturated rings. The highest BCUT2D eigenvalue weighted by Gasteiger charge is 2.48. The fourth-order valence-corrected chi connectivity index (χ4v) is 6.55. The highest BCUT2D eigenvalue weighted by atomic mass is 32.2. The maximum absolute atomic E-state index is 14.2. The van der Waals surface area contributed by atoms with Crippen molar-refractivity contribution in [3.63, 3.8) is 0 Å². The zero-order valence-electron chi connectivity index (χ0n) is 20.1. The lowest BCUT2D eigenvalue weighted by Crippen LogP contribution is -2.34. The normalized spacial score (nSPS) is 26.7. The van der Waals surface area contributed by atoms with E-state index in [1.807, 2.05) is 13.0 Å². The highest BCUT2D eigenvalue weighted by Crippen LogP contribution is 2.36. The molecule has 2 aromatic carbocycles. The summed E-state index contributed by atoms with van der Waals surface area (Å²) < 4.78 is 54.5. The first-order valence-corrected chi connectivity index (χ1v) is 13.9. The van der Waals surface area contributed by atoms with Gasteiger partial charge in [0, 0.05) is 11.5 Å². The monoisotopic (exact) mass is 530 g/mol. The molecule has 0 unspecified atom stereocenters. The molecule has 4 heterocycles. The van der Waals surface area contributed by atoms with Crippen LogP contribution in [0.2, 0.25) is 0 Å². The van der Waals surface area contributed by atoms with Crippen molar-refractivity contribution in [2.24, 2.45) is 4.36 Å². The van der Waals surface area contributed by atoms with E-state index in [0.29, 0.717) is 47.4 Å². The molecule has 3 saturated heterocycles. The van der Waals surface area contributed by atoms with Gasteiger partial charge < -0.3 is 29.4 Å². The summed E-state index contributed by atoms with van der Waals surface area (Å²) in [6, 6.07) is 7.85. The number of aliphatic hydroxyl groups is 1. The van der Waals surface area contributed by atoms with Crippen molar-refractivity contribution in [2.75, 3.05) is 43.3 Å². The van der Waals surface area contributed by atoms with Crippen LogP contribution in [0.25, 0.3) is 10.9 Å². The van der Waals surface area contributed by atoms with Crippen molar-refractivity contribution >= 4 is 37.8 Å². The molecule has 0 saturated carbocycles. The predicted molar refractivity (Wildman–Crippen MR) is 135 cm³/mol. The van der Waals surface area contributed by atoms with Crippen LogP contribution in [0, 0.1) is 12.7 Å². The van der Waals surface area contributed by atoms with Gasteiger partial charge in [-0.05, 0) is 36.8 Å². The number of benzene rings is 2. The van der Waals surface area contributed by atoms with E-state index in [1.54, 1.807) is 12.1 Å². The second-order valence-corrected chi connectivity index (χ2v) is 11.9. The number of nitrogens with one attached hydrogen (secondary N) is 1. The predicted octanol–water partition coefficient (Wildman–Crippen LogP) is 2.86. The van der Waals surface area contributed by atoms with Gasteiger partial charge in [0.15, 0.2) is 6.10 Å². The number of fused-ring (bicyclic) bond motifs is 2. The summed E-state index contributed by atoms with van der Waals surface area (Å²) in [5, 5.41) is 14.0. The first-order valence-electron chi connectivity index (χ1n) is 12.1. The van der Waals surface area contributed by atoms with Crippen LogP contribution in [-0.4, -0.2) is 81.6 Å². The first-order chi connectivity index (χ1) is 17.9. The molecule has 2 N–H and O–H groups in total. The van der Waals surface area contributed by atoms with E-state index in [0.717, 1.165) is 10.9 Å². The number of hydrogen-bond acceptors (Lipinski definition) is 10. The molecule has 0 bridgehead atoms. The molecule has 3 aliphatic heterocycles. The Morgan fingerprint density at radius 3 is 2.78 bits per heavy atom. The van der Waals surface area contributed by atoms with Gasteiger partial charge in [0.25, 0.3) is 0 Å². The van der Waals surface area contributed by atoms with E-state index >= 15 is 0 Å². The van der Waals surface area contributed by atoms with Crippen molar-refractivity contribution in [1.82, 2.24) is 9.97 Å². The third kappa shape index (κ3) is 4.87. The summed E-state index contributed by atoms with van der Waals surface area (Å²) in [5.41, 5.74) is 2.58. The molecular weight excluding hydrogens is 503 g/mol. The minimum absolute atomic E-state index is 0.173. The number of rotatable bonds is 5. The molecular formula is C25H27FN4O6S. The molecule has 12 heteroatoms. The fourth-order valence-electron chi connectivity index (χ4n) is 4.92. The number of ether oxygens (including phenoxy) is 4. The van der Waals surface area contributed by atoms with Gasteiger partial charge in [0.05, 0.1) is 64.6 Å². The second kappa shape index (κ2) is 9.76. The van der Waals surface area contributed by atoms with E-state index in [2.05, 4.69) is 19.6 Å². The van der Waals surface area contributed by atoms with Gasteiger partial charge in [-0.15, -0.1) is 0 Å². The van der Waals surface area contributed by atoms with Crippen LogP contribution in [0.15, 0.2) is 41.0 Å². The van der Waals surface area contributed by atoms with Gasteiger partial charge in [0.2, 0.25) is 0 Å². The quantitative estimate of drug-likeness (QED) is 0.512. The summed E-state index contributed by atoms with van der Waals surface area (Å²) in [5.74, 6) is 1.14. The number of anilines is 2. The number of nitrogens with zero attached hydrogens (tertiary/aromatic N) is 3. The van der Waals surface area contributed by atoms with E-state index in [9.17, 15) is 13.7 Å². The highest BCUT2D eigenvalue weighted by molar-refractivity contribution is 7.93. The smallest absolute Gasteiger partial charge is 0.151 e. The SMILES string of the molecule is Cc1cc(N=S2(=O)CCOCC2)cc2ncnc(Nc3ccc(F)cc3O[C@@H]3CO[C@H]4[C@@H]3OC[C@H]4O)c12. The summed E-state index contributed by atoms with van der Waals surface area (Å²) in [7, 11) is -2.37. The molecule has 3 aliphatic rings. The van der Waals surface area contributed by atoms with Gasteiger partial charge in [-0.25, -0.2) is 18.6 Å². The molecule has 3 aromatic rings. The number of aryl methyl sites for hydroxylation is 1. The average Bonchev–Trinajstić information content (AvgIpc) is 3.44. The fraction of sp³-hybridized carbons (Fsp3) is 0.440. The van der Waals surface area contributed by atoms with Crippen LogP contribution < -0.4 is 10.1 Å².